The quantitative estimate of drug-likeness (QED) is 0.704. The molecule has 0 spiro atoms. The van der Waals surface area contributed by atoms with Crippen molar-refractivity contribution in [2.24, 2.45) is 5.92 Å². The first-order chi connectivity index (χ1) is 13.3. The molecule has 4 nitrogen and oxygen atoms in total. The van der Waals surface area contributed by atoms with E-state index in [1.165, 1.54) is 24.8 Å². The van der Waals surface area contributed by atoms with Crippen molar-refractivity contribution in [3.05, 3.63) is 66.0 Å². The molecule has 3 aromatic rings. The fraction of sp³-hybridized carbons (Fsp3) is 0.391. The first kappa shape index (κ1) is 17.8. The fourth-order valence-electron chi connectivity index (χ4n) is 4.07. The van der Waals surface area contributed by atoms with Gasteiger partial charge in [0.05, 0.1) is 17.6 Å². The lowest BCUT2D eigenvalue weighted by atomic mass is 9.89. The van der Waals surface area contributed by atoms with Crippen LogP contribution in [0.25, 0.3) is 11.0 Å². The second-order valence-electron chi connectivity index (χ2n) is 7.46. The van der Waals surface area contributed by atoms with E-state index in [4.69, 9.17) is 4.98 Å². The van der Waals surface area contributed by atoms with Crippen LogP contribution in [-0.4, -0.2) is 15.5 Å². The van der Waals surface area contributed by atoms with E-state index in [1.807, 2.05) is 24.3 Å². The minimum Gasteiger partial charge on any atom is -0.349 e. The van der Waals surface area contributed by atoms with Gasteiger partial charge in [0.15, 0.2) is 0 Å². The summed E-state index contributed by atoms with van der Waals surface area (Å²) in [5.74, 6) is 1.31. The minimum absolute atomic E-state index is 0.181. The molecule has 0 aliphatic heterocycles. The molecule has 1 aliphatic rings. The summed E-state index contributed by atoms with van der Waals surface area (Å²) in [5.41, 5.74) is 3.44. The molecule has 0 radical (unpaired) electrons. The molecule has 0 unspecified atom stereocenters. The highest BCUT2D eigenvalue weighted by Gasteiger charge is 2.21. The third kappa shape index (κ3) is 4.21. The van der Waals surface area contributed by atoms with Crippen molar-refractivity contribution >= 4 is 16.9 Å². The molecule has 1 saturated carbocycles. The van der Waals surface area contributed by atoms with Gasteiger partial charge in [0, 0.05) is 12.5 Å². The van der Waals surface area contributed by atoms with E-state index in [9.17, 15) is 4.79 Å². The number of aromatic nitrogens is 2. The van der Waals surface area contributed by atoms with Gasteiger partial charge in [-0.15, -0.1) is 0 Å². The van der Waals surface area contributed by atoms with Gasteiger partial charge in [-0.3, -0.25) is 4.79 Å². The van der Waals surface area contributed by atoms with E-state index in [0.29, 0.717) is 6.54 Å². The smallest absolute Gasteiger partial charge is 0.223 e. The molecule has 1 aromatic heterocycles. The van der Waals surface area contributed by atoms with Gasteiger partial charge in [0.1, 0.15) is 5.82 Å². The molecule has 140 valence electrons. The number of carbonyl (C=O) groups is 1. The van der Waals surface area contributed by atoms with E-state index < -0.39 is 0 Å². The number of imidazole rings is 1. The summed E-state index contributed by atoms with van der Waals surface area (Å²) in [6.07, 6.45) is 6.61. The highest BCUT2D eigenvalue weighted by atomic mass is 16.1. The van der Waals surface area contributed by atoms with E-state index in [2.05, 4.69) is 40.2 Å². The predicted octanol–water partition coefficient (Wildman–Crippen LogP) is 4.48. The molecule has 1 fully saturated rings. The molecule has 4 heteroatoms. The van der Waals surface area contributed by atoms with Crippen LogP contribution in [0.3, 0.4) is 0 Å². The van der Waals surface area contributed by atoms with E-state index in [1.54, 1.807) is 0 Å². The van der Waals surface area contributed by atoms with E-state index in [0.717, 1.165) is 42.7 Å². The predicted molar refractivity (Wildman–Crippen MR) is 108 cm³/mol. The van der Waals surface area contributed by atoms with Crippen molar-refractivity contribution < 1.29 is 4.79 Å². The molecule has 0 atom stereocenters. The summed E-state index contributed by atoms with van der Waals surface area (Å²) in [6.45, 7) is 1.36. The highest BCUT2D eigenvalue weighted by molar-refractivity contribution is 5.79. The zero-order valence-electron chi connectivity index (χ0n) is 15.7. The fourth-order valence-corrected chi connectivity index (χ4v) is 4.07. The normalized spacial score (nSPS) is 15.1. The monoisotopic (exact) mass is 361 g/mol. The maximum atomic E-state index is 12.5. The second kappa shape index (κ2) is 8.38. The third-order valence-corrected chi connectivity index (χ3v) is 5.60. The van der Waals surface area contributed by atoms with Crippen molar-refractivity contribution in [1.82, 2.24) is 14.9 Å². The number of nitrogens with one attached hydrogen (secondary N) is 1. The number of benzene rings is 2. The zero-order chi connectivity index (χ0) is 18.5. The number of hydrogen-bond donors (Lipinski definition) is 1. The van der Waals surface area contributed by atoms with Gasteiger partial charge in [-0.2, -0.15) is 0 Å². The van der Waals surface area contributed by atoms with Crippen molar-refractivity contribution in [1.29, 1.82) is 0 Å². The number of para-hydroxylation sites is 2. The van der Waals surface area contributed by atoms with Crippen LogP contribution in [0.15, 0.2) is 54.6 Å². The van der Waals surface area contributed by atoms with Gasteiger partial charge in [0.2, 0.25) is 5.91 Å². The molecule has 0 saturated heterocycles. The number of nitrogens with zero attached hydrogens (tertiary/aromatic N) is 2. The lowest BCUT2D eigenvalue weighted by Crippen LogP contribution is -2.32. The Balaban J connectivity index is 1.50. The molecule has 1 N–H and O–H groups in total. The van der Waals surface area contributed by atoms with Crippen LogP contribution in [0.4, 0.5) is 0 Å². The Morgan fingerprint density at radius 2 is 1.74 bits per heavy atom. The average molecular weight is 361 g/mol. The molecule has 1 amide bonds. The van der Waals surface area contributed by atoms with E-state index >= 15 is 0 Å². The third-order valence-electron chi connectivity index (χ3n) is 5.60. The summed E-state index contributed by atoms with van der Waals surface area (Å²) >= 11 is 0. The number of amides is 1. The Kier molecular flexibility index (Phi) is 5.52. The zero-order valence-corrected chi connectivity index (χ0v) is 15.7. The van der Waals surface area contributed by atoms with Crippen molar-refractivity contribution in [3.8, 4) is 0 Å². The SMILES string of the molecule is O=C(NCc1nc2ccccc2n1CCc1ccccc1)C1CCCCC1. The molecule has 2 aromatic carbocycles. The molecule has 4 rings (SSSR count). The van der Waals surface area contributed by atoms with Gasteiger partial charge in [-0.25, -0.2) is 4.98 Å². The minimum atomic E-state index is 0.181. The van der Waals surface area contributed by atoms with Gasteiger partial charge in [-0.1, -0.05) is 61.7 Å². The standard InChI is InChI=1S/C23H27N3O/c27-23(19-11-5-2-6-12-19)24-17-22-25-20-13-7-8-14-21(20)26(22)16-15-18-9-3-1-4-10-18/h1,3-4,7-10,13-14,19H,2,5-6,11-12,15-17H2,(H,24,27). The summed E-state index contributed by atoms with van der Waals surface area (Å²) < 4.78 is 2.25. The van der Waals surface area contributed by atoms with Crippen LogP contribution in [0.5, 0.6) is 0 Å². The summed E-state index contributed by atoms with van der Waals surface area (Å²) in [5, 5.41) is 3.15. The van der Waals surface area contributed by atoms with Gasteiger partial charge in [-0.05, 0) is 37.0 Å². The van der Waals surface area contributed by atoms with Gasteiger partial charge < -0.3 is 9.88 Å². The lowest BCUT2D eigenvalue weighted by molar-refractivity contribution is -0.126. The molecule has 27 heavy (non-hydrogen) atoms. The summed E-state index contributed by atoms with van der Waals surface area (Å²) in [7, 11) is 0. The summed E-state index contributed by atoms with van der Waals surface area (Å²) in [4.78, 5) is 17.3. The number of hydrogen-bond acceptors (Lipinski definition) is 2. The van der Waals surface area contributed by atoms with Crippen LogP contribution >= 0.6 is 0 Å². The number of rotatable bonds is 6. The van der Waals surface area contributed by atoms with E-state index in [-0.39, 0.29) is 11.8 Å². The van der Waals surface area contributed by atoms with Crippen LogP contribution < -0.4 is 5.32 Å². The molecular weight excluding hydrogens is 334 g/mol. The maximum absolute atomic E-state index is 12.5. The van der Waals surface area contributed by atoms with Crippen LogP contribution in [0.1, 0.15) is 43.5 Å². The molecule has 1 aliphatic carbocycles. The Labute approximate surface area is 160 Å². The topological polar surface area (TPSA) is 46.9 Å². The Morgan fingerprint density at radius 3 is 2.56 bits per heavy atom. The Hall–Kier alpha value is -2.62. The van der Waals surface area contributed by atoms with Crippen molar-refractivity contribution in [2.45, 2.75) is 51.6 Å². The Bertz CT molecular complexity index is 894. The van der Waals surface area contributed by atoms with Crippen molar-refractivity contribution in [2.75, 3.05) is 0 Å². The van der Waals surface area contributed by atoms with Crippen LogP contribution in [0.2, 0.25) is 0 Å². The highest BCUT2D eigenvalue weighted by Crippen LogP contribution is 2.24. The largest absolute Gasteiger partial charge is 0.349 e. The lowest BCUT2D eigenvalue weighted by Gasteiger charge is -2.20. The number of fused-ring (bicyclic) bond motifs is 1. The number of carbonyl (C=O) groups excluding carboxylic acids is 1. The Morgan fingerprint density at radius 1 is 1.00 bits per heavy atom. The maximum Gasteiger partial charge on any atom is 0.223 e. The van der Waals surface area contributed by atoms with Crippen LogP contribution in [0, 0.1) is 5.92 Å². The van der Waals surface area contributed by atoms with Crippen LogP contribution in [-0.2, 0) is 24.3 Å². The summed E-state index contributed by atoms with van der Waals surface area (Å²) in [6, 6.07) is 18.7. The number of aryl methyl sites for hydroxylation is 2. The first-order valence-electron chi connectivity index (χ1n) is 10.1. The average Bonchev–Trinajstić information content (AvgIpc) is 3.09. The molecule has 1 heterocycles. The molecular formula is C23H27N3O. The van der Waals surface area contributed by atoms with Gasteiger partial charge >= 0.3 is 0 Å². The second-order valence-corrected chi connectivity index (χ2v) is 7.46. The first-order valence-corrected chi connectivity index (χ1v) is 10.1. The van der Waals surface area contributed by atoms with Gasteiger partial charge in [0.25, 0.3) is 0 Å². The van der Waals surface area contributed by atoms with Crippen molar-refractivity contribution in [3.63, 3.8) is 0 Å². The molecule has 0 bridgehead atoms.